The molecule has 7 heteroatoms. The lowest BCUT2D eigenvalue weighted by molar-refractivity contribution is -0.653. The van der Waals surface area contributed by atoms with Gasteiger partial charge in [-0.1, -0.05) is 4.68 Å². The molecular formula is C20H21N6O+. The lowest BCUT2D eigenvalue weighted by Crippen LogP contribution is -2.34. The molecular weight excluding hydrogens is 340 g/mol. The predicted molar refractivity (Wildman–Crippen MR) is 102 cm³/mol. The molecule has 5 rings (SSSR count). The van der Waals surface area contributed by atoms with Crippen molar-refractivity contribution in [2.45, 2.75) is 32.6 Å². The number of rotatable bonds is 3. The molecule has 1 aromatic carbocycles. The van der Waals surface area contributed by atoms with Crippen molar-refractivity contribution in [1.29, 1.82) is 0 Å². The first kappa shape index (κ1) is 16.0. The van der Waals surface area contributed by atoms with E-state index in [0.29, 0.717) is 16.9 Å². The normalized spacial score (nSPS) is 14.2. The molecule has 2 N–H and O–H groups in total. The van der Waals surface area contributed by atoms with Crippen LogP contribution >= 0.6 is 0 Å². The second-order valence-corrected chi connectivity index (χ2v) is 7.41. The molecule has 1 fully saturated rings. The lowest BCUT2D eigenvalue weighted by atomic mass is 10.0. The fraction of sp³-hybridized carbons (Fsp3) is 0.300. The van der Waals surface area contributed by atoms with Crippen LogP contribution in [0.25, 0.3) is 28.2 Å². The van der Waals surface area contributed by atoms with Crippen molar-refractivity contribution in [3.8, 4) is 17.2 Å². The van der Waals surface area contributed by atoms with Gasteiger partial charge in [0.1, 0.15) is 5.69 Å². The van der Waals surface area contributed by atoms with Crippen molar-refractivity contribution < 1.29 is 4.68 Å². The molecule has 0 aliphatic heterocycles. The van der Waals surface area contributed by atoms with Crippen molar-refractivity contribution in [2.75, 3.05) is 0 Å². The van der Waals surface area contributed by atoms with Crippen molar-refractivity contribution in [3.63, 3.8) is 0 Å². The molecule has 0 amide bonds. The molecule has 0 bridgehead atoms. The van der Waals surface area contributed by atoms with E-state index in [0.717, 1.165) is 17.3 Å². The minimum atomic E-state index is -0.170. The number of hydrogen-bond donors (Lipinski definition) is 2. The Hall–Kier alpha value is -3.22. The lowest BCUT2D eigenvalue weighted by Gasteiger charge is -2.05. The van der Waals surface area contributed by atoms with Crippen molar-refractivity contribution in [3.05, 3.63) is 57.6 Å². The third-order valence-corrected chi connectivity index (χ3v) is 5.31. The van der Waals surface area contributed by atoms with Crippen LogP contribution in [0.5, 0.6) is 0 Å². The monoisotopic (exact) mass is 361 g/mol. The van der Waals surface area contributed by atoms with Crippen LogP contribution in [0.3, 0.4) is 0 Å². The average Bonchev–Trinajstić information content (AvgIpc) is 3.25. The first-order valence-electron chi connectivity index (χ1n) is 9.16. The van der Waals surface area contributed by atoms with Crippen LogP contribution in [0, 0.1) is 13.8 Å². The highest BCUT2D eigenvalue weighted by Crippen LogP contribution is 2.41. The van der Waals surface area contributed by atoms with Gasteiger partial charge in [-0.15, -0.1) is 5.10 Å². The molecule has 3 aromatic heterocycles. The quantitative estimate of drug-likeness (QED) is 0.550. The number of benzene rings is 1. The Kier molecular flexibility index (Phi) is 3.34. The first-order chi connectivity index (χ1) is 13.0. The molecule has 0 spiro atoms. The largest absolute Gasteiger partial charge is 0.304 e. The predicted octanol–water partition coefficient (Wildman–Crippen LogP) is 2.42. The third-order valence-electron chi connectivity index (χ3n) is 5.31. The minimum absolute atomic E-state index is 0.170. The summed E-state index contributed by atoms with van der Waals surface area (Å²) in [6.07, 6.45) is 6.07. The maximum Gasteiger partial charge on any atom is 0.267 e. The van der Waals surface area contributed by atoms with Crippen molar-refractivity contribution in [2.24, 2.45) is 7.05 Å². The van der Waals surface area contributed by atoms with E-state index in [9.17, 15) is 4.79 Å². The van der Waals surface area contributed by atoms with E-state index in [1.807, 2.05) is 24.0 Å². The van der Waals surface area contributed by atoms with E-state index in [1.165, 1.54) is 29.5 Å². The molecule has 136 valence electrons. The molecule has 3 heterocycles. The highest BCUT2D eigenvalue weighted by Gasteiger charge is 2.27. The van der Waals surface area contributed by atoms with Crippen LogP contribution < -0.4 is 10.2 Å². The van der Waals surface area contributed by atoms with Crippen LogP contribution in [0.15, 0.2) is 35.4 Å². The van der Waals surface area contributed by atoms with Crippen LogP contribution in [0.1, 0.15) is 35.4 Å². The standard InChI is InChI=1S/C20H20N6O/c1-11-8-14(13-4-5-13)9-12(2)17(11)26-10-15-18(24-26)22-19(23-20(15)27)16-6-7-21-25(16)3/h6-10,13H,4-5H2,1-3H3,(H,22,23,24,27)/p+1. The van der Waals surface area contributed by atoms with Crippen LogP contribution in [0.4, 0.5) is 0 Å². The van der Waals surface area contributed by atoms with Gasteiger partial charge in [-0.25, -0.2) is 4.98 Å². The molecule has 0 radical (unpaired) electrons. The van der Waals surface area contributed by atoms with Gasteiger partial charge in [0.2, 0.25) is 17.5 Å². The Bertz CT molecular complexity index is 1220. The van der Waals surface area contributed by atoms with E-state index in [-0.39, 0.29) is 5.56 Å². The Morgan fingerprint density at radius 2 is 1.96 bits per heavy atom. The zero-order valence-electron chi connectivity index (χ0n) is 15.6. The van der Waals surface area contributed by atoms with Crippen LogP contribution in [0.2, 0.25) is 0 Å². The summed E-state index contributed by atoms with van der Waals surface area (Å²) in [6.45, 7) is 4.23. The number of nitrogens with one attached hydrogen (secondary N) is 2. The van der Waals surface area contributed by atoms with Gasteiger partial charge in [0.05, 0.1) is 0 Å². The number of hydrogen-bond acceptors (Lipinski definition) is 3. The molecule has 4 aromatic rings. The van der Waals surface area contributed by atoms with Gasteiger partial charge >= 0.3 is 0 Å². The maximum absolute atomic E-state index is 12.6. The summed E-state index contributed by atoms with van der Waals surface area (Å²) < 4.78 is 3.59. The van der Waals surface area contributed by atoms with E-state index >= 15 is 0 Å². The number of aromatic nitrogens is 6. The van der Waals surface area contributed by atoms with Crippen molar-refractivity contribution >= 4 is 11.0 Å². The fourth-order valence-corrected chi connectivity index (χ4v) is 3.83. The second kappa shape index (κ2) is 5.64. The summed E-state index contributed by atoms with van der Waals surface area (Å²) in [7, 11) is 1.82. The highest BCUT2D eigenvalue weighted by molar-refractivity contribution is 5.73. The summed E-state index contributed by atoms with van der Waals surface area (Å²) in [5, 5.41) is 7.96. The van der Waals surface area contributed by atoms with Crippen LogP contribution in [-0.4, -0.2) is 24.8 Å². The number of nitrogens with zero attached hydrogens (tertiary/aromatic N) is 4. The van der Waals surface area contributed by atoms with Gasteiger partial charge in [-0.05, 0) is 56.4 Å². The van der Waals surface area contributed by atoms with Gasteiger partial charge in [-0.2, -0.15) is 5.10 Å². The Balaban J connectivity index is 1.66. The second-order valence-electron chi connectivity index (χ2n) is 7.41. The summed E-state index contributed by atoms with van der Waals surface area (Å²) in [5.41, 5.74) is 6.01. The zero-order chi connectivity index (χ0) is 18.7. The Labute approximate surface area is 155 Å². The smallest absolute Gasteiger partial charge is 0.267 e. The molecule has 0 unspecified atom stereocenters. The molecule has 27 heavy (non-hydrogen) atoms. The van der Waals surface area contributed by atoms with E-state index in [2.05, 4.69) is 46.1 Å². The molecule has 7 nitrogen and oxygen atoms in total. The van der Waals surface area contributed by atoms with E-state index < -0.39 is 0 Å². The van der Waals surface area contributed by atoms with Gasteiger partial charge < -0.3 is 4.98 Å². The molecule has 0 atom stereocenters. The van der Waals surface area contributed by atoms with Gasteiger partial charge in [0.25, 0.3) is 5.56 Å². The third kappa shape index (κ3) is 2.58. The van der Waals surface area contributed by atoms with E-state index in [1.54, 1.807) is 10.9 Å². The van der Waals surface area contributed by atoms with Gasteiger partial charge in [0, 0.05) is 24.4 Å². The highest BCUT2D eigenvalue weighted by atomic mass is 16.1. The van der Waals surface area contributed by atoms with E-state index in [4.69, 9.17) is 0 Å². The summed E-state index contributed by atoms with van der Waals surface area (Å²) in [6, 6.07) is 6.35. The summed E-state index contributed by atoms with van der Waals surface area (Å²) in [5.74, 6) is 1.22. The average molecular weight is 361 g/mol. The maximum atomic E-state index is 12.6. The SMILES string of the molecule is Cc1cc(C2CC2)cc(C)c1-[n+]1cc2c(=O)[nH]c(-c3ccnn3C)nc2[nH]1. The number of fused-ring (bicyclic) bond motifs is 1. The molecule has 1 saturated carbocycles. The molecule has 0 saturated heterocycles. The van der Waals surface area contributed by atoms with Gasteiger partial charge in [-0.3, -0.25) is 9.48 Å². The van der Waals surface area contributed by atoms with Crippen LogP contribution in [-0.2, 0) is 7.05 Å². The zero-order valence-corrected chi connectivity index (χ0v) is 15.6. The minimum Gasteiger partial charge on any atom is -0.304 e. The summed E-state index contributed by atoms with van der Waals surface area (Å²) >= 11 is 0. The first-order valence-corrected chi connectivity index (χ1v) is 9.16. The molecule has 1 aliphatic rings. The molecule has 1 aliphatic carbocycles. The van der Waals surface area contributed by atoms with Crippen molar-refractivity contribution in [1.82, 2.24) is 24.8 Å². The fourth-order valence-electron chi connectivity index (χ4n) is 3.83. The number of aromatic amines is 2. The number of H-pyrrole nitrogens is 2. The Morgan fingerprint density at radius 3 is 2.59 bits per heavy atom. The summed E-state index contributed by atoms with van der Waals surface area (Å²) in [4.78, 5) is 20.1. The topological polar surface area (TPSA) is 83.2 Å². The number of aryl methyl sites for hydroxylation is 3. The van der Waals surface area contributed by atoms with Gasteiger partial charge in [0.15, 0.2) is 11.2 Å². The Morgan fingerprint density at radius 1 is 1.22 bits per heavy atom.